The number of fused-ring (bicyclic) bond motifs is 1. The van der Waals surface area contributed by atoms with Crippen molar-refractivity contribution in [1.29, 1.82) is 0 Å². The van der Waals surface area contributed by atoms with Gasteiger partial charge in [0.1, 0.15) is 0 Å². The molecule has 1 aliphatic heterocycles. The Kier molecular flexibility index (Phi) is 4.27. The summed E-state index contributed by atoms with van der Waals surface area (Å²) < 4.78 is 10.7. The van der Waals surface area contributed by atoms with E-state index in [-0.39, 0.29) is 12.7 Å². The molecular formula is C14H20N2O3. The van der Waals surface area contributed by atoms with E-state index in [1.807, 2.05) is 26.1 Å². The van der Waals surface area contributed by atoms with Crippen LogP contribution < -0.4 is 19.7 Å². The Labute approximate surface area is 113 Å². The van der Waals surface area contributed by atoms with Crippen molar-refractivity contribution in [3.63, 3.8) is 0 Å². The molecule has 1 aromatic rings. The molecule has 5 heteroatoms. The van der Waals surface area contributed by atoms with Gasteiger partial charge < -0.3 is 19.7 Å². The summed E-state index contributed by atoms with van der Waals surface area (Å²) in [5.74, 6) is 1.56. The van der Waals surface area contributed by atoms with E-state index >= 15 is 0 Å². The van der Waals surface area contributed by atoms with Crippen molar-refractivity contribution in [2.45, 2.75) is 19.8 Å². The van der Waals surface area contributed by atoms with Crippen molar-refractivity contribution in [2.24, 2.45) is 0 Å². The number of anilines is 1. The Morgan fingerprint density at radius 3 is 2.74 bits per heavy atom. The summed E-state index contributed by atoms with van der Waals surface area (Å²) in [6.07, 6.45) is 1.37. The van der Waals surface area contributed by atoms with E-state index < -0.39 is 0 Å². The van der Waals surface area contributed by atoms with Crippen molar-refractivity contribution in [3.8, 4) is 11.5 Å². The van der Waals surface area contributed by atoms with Crippen molar-refractivity contribution >= 4 is 11.6 Å². The Morgan fingerprint density at radius 1 is 1.37 bits per heavy atom. The fourth-order valence-corrected chi connectivity index (χ4v) is 2.11. The van der Waals surface area contributed by atoms with Crippen molar-refractivity contribution < 1.29 is 14.3 Å². The van der Waals surface area contributed by atoms with Gasteiger partial charge in [-0.1, -0.05) is 0 Å². The highest BCUT2D eigenvalue weighted by Gasteiger charge is 2.19. The Bertz CT molecular complexity index is 474. The zero-order valence-corrected chi connectivity index (χ0v) is 11.7. The summed E-state index contributed by atoms with van der Waals surface area (Å²) in [5, 5.41) is 3.04. The molecule has 0 aliphatic carbocycles. The van der Waals surface area contributed by atoms with E-state index in [0.717, 1.165) is 30.0 Å². The number of nitrogens with zero attached hydrogens (tertiary/aromatic N) is 1. The van der Waals surface area contributed by atoms with Crippen molar-refractivity contribution in [1.82, 2.24) is 5.32 Å². The van der Waals surface area contributed by atoms with Gasteiger partial charge in [0.25, 0.3) is 0 Å². The normalized spacial score (nSPS) is 12.6. The molecule has 2 rings (SSSR count). The first kappa shape index (κ1) is 13.7. The summed E-state index contributed by atoms with van der Waals surface area (Å²) in [5.41, 5.74) is 1.88. The third-order valence-electron chi connectivity index (χ3n) is 3.24. The lowest BCUT2D eigenvalue weighted by atomic mass is 10.1. The van der Waals surface area contributed by atoms with Gasteiger partial charge in [-0.3, -0.25) is 4.79 Å². The van der Waals surface area contributed by atoms with Gasteiger partial charge >= 0.3 is 0 Å². The second-order valence-electron chi connectivity index (χ2n) is 4.65. The molecule has 19 heavy (non-hydrogen) atoms. The Balaban J connectivity index is 2.10. The summed E-state index contributed by atoms with van der Waals surface area (Å²) in [6, 6.07) is 3.78. The van der Waals surface area contributed by atoms with Crippen LogP contribution in [-0.2, 0) is 4.79 Å². The Morgan fingerprint density at radius 2 is 2.05 bits per heavy atom. The van der Waals surface area contributed by atoms with Crippen LogP contribution in [0.3, 0.4) is 0 Å². The van der Waals surface area contributed by atoms with Crippen LogP contribution >= 0.6 is 0 Å². The Hall–Kier alpha value is -1.75. The molecule has 1 aromatic carbocycles. The number of nitrogens with one attached hydrogen (secondary N) is 1. The average molecular weight is 264 g/mol. The number of aryl methyl sites for hydroxylation is 1. The van der Waals surface area contributed by atoms with E-state index in [2.05, 4.69) is 5.32 Å². The van der Waals surface area contributed by atoms with Crippen LogP contribution in [0.15, 0.2) is 12.1 Å². The molecule has 1 amide bonds. The molecule has 1 N–H and O–H groups in total. The number of rotatable bonds is 5. The summed E-state index contributed by atoms with van der Waals surface area (Å²) in [7, 11) is 3.68. The van der Waals surface area contributed by atoms with E-state index in [0.29, 0.717) is 12.2 Å². The van der Waals surface area contributed by atoms with E-state index in [9.17, 15) is 4.79 Å². The predicted molar refractivity (Wildman–Crippen MR) is 73.9 cm³/mol. The van der Waals surface area contributed by atoms with Gasteiger partial charge in [0.15, 0.2) is 11.5 Å². The lowest BCUT2D eigenvalue weighted by molar-refractivity contribution is -0.118. The third kappa shape index (κ3) is 2.98. The predicted octanol–water partition coefficient (Wildman–Crippen LogP) is 1.69. The van der Waals surface area contributed by atoms with E-state index in [4.69, 9.17) is 9.47 Å². The van der Waals surface area contributed by atoms with Crippen LogP contribution in [0.25, 0.3) is 0 Å². The molecule has 0 unspecified atom stereocenters. The second-order valence-corrected chi connectivity index (χ2v) is 4.65. The second kappa shape index (κ2) is 5.93. The molecule has 0 aromatic heterocycles. The number of carbonyl (C=O) groups excluding carboxylic acids is 1. The minimum Gasteiger partial charge on any atom is -0.454 e. The molecule has 0 bridgehead atoms. The SMILES string of the molecule is CNCCCC(=O)N(C)c1cc2c(cc1C)OCO2. The lowest BCUT2D eigenvalue weighted by Crippen LogP contribution is -2.27. The average Bonchev–Trinajstić information content (AvgIpc) is 2.84. The maximum atomic E-state index is 12.1. The highest BCUT2D eigenvalue weighted by atomic mass is 16.7. The highest BCUT2D eigenvalue weighted by molar-refractivity contribution is 5.94. The molecule has 0 saturated heterocycles. The number of benzene rings is 1. The maximum absolute atomic E-state index is 12.1. The largest absolute Gasteiger partial charge is 0.454 e. The first-order valence-electron chi connectivity index (χ1n) is 6.45. The van der Waals surface area contributed by atoms with Crippen LogP contribution in [0.5, 0.6) is 11.5 Å². The zero-order chi connectivity index (χ0) is 13.8. The summed E-state index contributed by atoms with van der Waals surface area (Å²) in [4.78, 5) is 13.8. The van der Waals surface area contributed by atoms with Crippen molar-refractivity contribution in [3.05, 3.63) is 17.7 Å². The molecule has 0 fully saturated rings. The monoisotopic (exact) mass is 264 g/mol. The topological polar surface area (TPSA) is 50.8 Å². The number of hydrogen-bond donors (Lipinski definition) is 1. The number of amides is 1. The van der Waals surface area contributed by atoms with Gasteiger partial charge in [0.05, 0.1) is 5.69 Å². The molecule has 5 nitrogen and oxygen atoms in total. The summed E-state index contributed by atoms with van der Waals surface area (Å²) in [6.45, 7) is 3.06. The first-order valence-corrected chi connectivity index (χ1v) is 6.45. The van der Waals surface area contributed by atoms with Crippen LogP contribution in [0.1, 0.15) is 18.4 Å². The third-order valence-corrected chi connectivity index (χ3v) is 3.24. The first-order chi connectivity index (χ1) is 9.13. The fourth-order valence-electron chi connectivity index (χ4n) is 2.11. The number of carbonyl (C=O) groups is 1. The van der Waals surface area contributed by atoms with Gasteiger partial charge in [-0.2, -0.15) is 0 Å². The van der Waals surface area contributed by atoms with Crippen LogP contribution in [0.4, 0.5) is 5.69 Å². The standard InChI is InChI=1S/C14H20N2O3/c1-10-7-12-13(19-9-18-12)8-11(10)16(3)14(17)5-4-6-15-2/h7-8,15H,4-6,9H2,1-3H3. The molecular weight excluding hydrogens is 244 g/mol. The number of hydrogen-bond acceptors (Lipinski definition) is 4. The van der Waals surface area contributed by atoms with Gasteiger partial charge in [-0.25, -0.2) is 0 Å². The minimum atomic E-state index is 0.109. The highest BCUT2D eigenvalue weighted by Crippen LogP contribution is 2.37. The van der Waals surface area contributed by atoms with E-state index in [1.165, 1.54) is 0 Å². The molecule has 1 heterocycles. The zero-order valence-electron chi connectivity index (χ0n) is 11.7. The molecule has 1 aliphatic rings. The van der Waals surface area contributed by atoms with Crippen molar-refractivity contribution in [2.75, 3.05) is 32.3 Å². The molecule has 0 atom stereocenters. The molecule has 0 spiro atoms. The quantitative estimate of drug-likeness (QED) is 0.822. The molecule has 0 radical (unpaired) electrons. The minimum absolute atomic E-state index is 0.109. The van der Waals surface area contributed by atoms with Crippen LogP contribution in [0.2, 0.25) is 0 Å². The number of ether oxygens (including phenoxy) is 2. The fraction of sp³-hybridized carbons (Fsp3) is 0.500. The molecule has 104 valence electrons. The van der Waals surface area contributed by atoms with Gasteiger partial charge in [0, 0.05) is 19.5 Å². The maximum Gasteiger partial charge on any atom is 0.231 e. The smallest absolute Gasteiger partial charge is 0.231 e. The van der Waals surface area contributed by atoms with Gasteiger partial charge in [0.2, 0.25) is 12.7 Å². The van der Waals surface area contributed by atoms with Crippen LogP contribution in [-0.4, -0.2) is 33.3 Å². The van der Waals surface area contributed by atoms with E-state index in [1.54, 1.807) is 11.9 Å². The van der Waals surface area contributed by atoms with Crippen LogP contribution in [0, 0.1) is 6.92 Å². The molecule has 0 saturated carbocycles. The van der Waals surface area contributed by atoms with Gasteiger partial charge in [-0.05, 0) is 38.6 Å². The lowest BCUT2D eigenvalue weighted by Gasteiger charge is -2.20. The summed E-state index contributed by atoms with van der Waals surface area (Å²) >= 11 is 0. The van der Waals surface area contributed by atoms with Gasteiger partial charge in [-0.15, -0.1) is 0 Å².